The van der Waals surface area contributed by atoms with Crippen molar-refractivity contribution in [3.8, 4) is 5.88 Å². The van der Waals surface area contributed by atoms with Crippen molar-refractivity contribution < 1.29 is 17.5 Å². The van der Waals surface area contributed by atoms with E-state index in [9.17, 15) is 12.8 Å². The van der Waals surface area contributed by atoms with Crippen LogP contribution in [0.25, 0.3) is 0 Å². The Morgan fingerprint density at radius 3 is 2.92 bits per heavy atom. The number of thiophene rings is 1. The van der Waals surface area contributed by atoms with Gasteiger partial charge in [0, 0.05) is 6.54 Å². The summed E-state index contributed by atoms with van der Waals surface area (Å²) in [5, 5.41) is 0. The van der Waals surface area contributed by atoms with Crippen LogP contribution in [0.15, 0.2) is 22.7 Å². The van der Waals surface area contributed by atoms with Crippen LogP contribution in [-0.2, 0) is 16.4 Å². The van der Waals surface area contributed by atoms with Crippen LogP contribution in [0.3, 0.4) is 0 Å². The van der Waals surface area contributed by atoms with Crippen LogP contribution in [0, 0.1) is 5.82 Å². The summed E-state index contributed by atoms with van der Waals surface area (Å²) in [6, 6.07) is 3.03. The minimum absolute atomic E-state index is 0.134. The van der Waals surface area contributed by atoms with Crippen molar-refractivity contribution in [2.24, 2.45) is 0 Å². The van der Waals surface area contributed by atoms with Crippen LogP contribution < -0.4 is 4.74 Å². The molecule has 3 rings (SSSR count). The number of ether oxygens (including phenoxy) is 1. The Morgan fingerprint density at radius 1 is 1.46 bits per heavy atom. The van der Waals surface area contributed by atoms with Crippen LogP contribution in [0.4, 0.5) is 4.39 Å². The third-order valence-electron chi connectivity index (χ3n) is 3.69. The van der Waals surface area contributed by atoms with E-state index < -0.39 is 21.9 Å². The first kappa shape index (κ1) is 17.5. The molecule has 1 atom stereocenters. The van der Waals surface area contributed by atoms with Crippen molar-refractivity contribution in [1.82, 2.24) is 14.3 Å². The summed E-state index contributed by atoms with van der Waals surface area (Å²) in [4.78, 5) is 7.65. The summed E-state index contributed by atoms with van der Waals surface area (Å²) >= 11 is 6.82. The summed E-state index contributed by atoms with van der Waals surface area (Å²) in [7, 11) is -3.61. The molecule has 2 aromatic heterocycles. The number of halogens is 2. The summed E-state index contributed by atoms with van der Waals surface area (Å²) in [6.07, 6.45) is 1.68. The van der Waals surface area contributed by atoms with E-state index >= 15 is 0 Å². The number of aryl methyl sites for hydroxylation is 1. The highest BCUT2D eigenvalue weighted by Gasteiger charge is 2.35. The topological polar surface area (TPSA) is 72.4 Å². The normalized spacial score (nSPS) is 18.9. The monoisotopic (exact) mass is 391 g/mol. The maximum atomic E-state index is 14.1. The van der Waals surface area contributed by atoms with Gasteiger partial charge in [-0.1, -0.05) is 18.5 Å². The minimum Gasteiger partial charge on any atom is -0.471 e. The van der Waals surface area contributed by atoms with Gasteiger partial charge in [-0.2, -0.15) is 13.7 Å². The molecule has 1 aliphatic heterocycles. The summed E-state index contributed by atoms with van der Waals surface area (Å²) in [6.45, 7) is 2.23. The van der Waals surface area contributed by atoms with Gasteiger partial charge in [-0.05, 0) is 25.0 Å². The Bertz CT molecular complexity index is 844. The zero-order valence-corrected chi connectivity index (χ0v) is 15.2. The first-order valence-corrected chi connectivity index (χ1v) is 9.96. The SMILES string of the molecule is CCc1ncnc(O[C@H]2CCN(S(=O)(=O)c3ccc(Cl)s3)C2)c1F. The molecular weight excluding hydrogens is 377 g/mol. The second kappa shape index (κ2) is 6.91. The zero-order chi connectivity index (χ0) is 17.3. The summed E-state index contributed by atoms with van der Waals surface area (Å²) in [5.74, 6) is -0.725. The van der Waals surface area contributed by atoms with E-state index in [1.165, 1.54) is 16.7 Å². The molecule has 24 heavy (non-hydrogen) atoms. The lowest BCUT2D eigenvalue weighted by atomic mass is 10.3. The van der Waals surface area contributed by atoms with Gasteiger partial charge in [0.1, 0.15) is 16.6 Å². The third-order valence-corrected chi connectivity index (χ3v) is 7.26. The average Bonchev–Trinajstić information content (AvgIpc) is 3.19. The maximum Gasteiger partial charge on any atom is 0.254 e. The van der Waals surface area contributed by atoms with Gasteiger partial charge in [-0.15, -0.1) is 11.3 Å². The molecule has 1 saturated heterocycles. The largest absolute Gasteiger partial charge is 0.471 e. The Morgan fingerprint density at radius 2 is 2.25 bits per heavy atom. The first-order valence-electron chi connectivity index (χ1n) is 7.33. The molecule has 2 aromatic rings. The lowest BCUT2D eigenvalue weighted by Gasteiger charge is -2.16. The van der Waals surface area contributed by atoms with Crippen molar-refractivity contribution >= 4 is 33.0 Å². The fraction of sp³-hybridized carbons (Fsp3) is 0.429. The summed E-state index contributed by atoms with van der Waals surface area (Å²) in [5.41, 5.74) is 0.274. The van der Waals surface area contributed by atoms with Gasteiger partial charge in [0.05, 0.1) is 16.6 Å². The Hall–Kier alpha value is -1.29. The predicted octanol–water partition coefficient (Wildman–Crippen LogP) is 2.74. The van der Waals surface area contributed by atoms with E-state index in [1.807, 2.05) is 0 Å². The Balaban J connectivity index is 1.72. The zero-order valence-electron chi connectivity index (χ0n) is 12.8. The van der Waals surface area contributed by atoms with E-state index in [0.717, 1.165) is 11.3 Å². The molecule has 0 saturated carbocycles. The van der Waals surface area contributed by atoms with Crippen LogP contribution in [-0.4, -0.2) is 41.9 Å². The molecule has 0 spiro atoms. The van der Waals surface area contributed by atoms with Gasteiger partial charge in [-0.3, -0.25) is 0 Å². The van der Waals surface area contributed by atoms with E-state index in [0.29, 0.717) is 23.7 Å². The molecular formula is C14H15ClFN3O3S2. The Labute approximate surface area is 148 Å². The van der Waals surface area contributed by atoms with Crippen molar-refractivity contribution in [3.05, 3.63) is 34.3 Å². The number of nitrogens with zero attached hydrogens (tertiary/aromatic N) is 3. The molecule has 6 nitrogen and oxygen atoms in total. The van der Waals surface area contributed by atoms with Gasteiger partial charge in [-0.25, -0.2) is 13.4 Å². The molecule has 1 aliphatic rings. The van der Waals surface area contributed by atoms with Gasteiger partial charge in [0.25, 0.3) is 15.9 Å². The lowest BCUT2D eigenvalue weighted by Crippen LogP contribution is -2.30. The highest BCUT2D eigenvalue weighted by atomic mass is 35.5. The molecule has 0 bridgehead atoms. The van der Waals surface area contributed by atoms with Crippen LogP contribution >= 0.6 is 22.9 Å². The first-order chi connectivity index (χ1) is 11.4. The van der Waals surface area contributed by atoms with E-state index in [2.05, 4.69) is 9.97 Å². The molecule has 3 heterocycles. The molecule has 10 heteroatoms. The number of sulfonamides is 1. The highest BCUT2D eigenvalue weighted by Crippen LogP contribution is 2.30. The lowest BCUT2D eigenvalue weighted by molar-refractivity contribution is 0.195. The molecule has 130 valence electrons. The number of hydrogen-bond acceptors (Lipinski definition) is 6. The van der Waals surface area contributed by atoms with E-state index in [-0.39, 0.29) is 22.3 Å². The van der Waals surface area contributed by atoms with E-state index in [1.54, 1.807) is 13.0 Å². The van der Waals surface area contributed by atoms with Gasteiger partial charge < -0.3 is 4.74 Å². The van der Waals surface area contributed by atoms with Crippen molar-refractivity contribution in [2.45, 2.75) is 30.1 Å². The summed E-state index contributed by atoms with van der Waals surface area (Å²) < 4.78 is 46.7. The standard InChI is InChI=1S/C14H15ClFN3O3S2/c1-2-10-13(16)14(18-8-17-10)22-9-5-6-19(7-9)24(20,21)12-4-3-11(15)23-12/h3-4,8-9H,2,5-7H2,1H3/t9-/m0/s1. The highest BCUT2D eigenvalue weighted by molar-refractivity contribution is 7.91. The fourth-order valence-corrected chi connectivity index (χ4v) is 5.57. The molecule has 0 amide bonds. The van der Waals surface area contributed by atoms with Gasteiger partial charge in [0.15, 0.2) is 0 Å². The quantitative estimate of drug-likeness (QED) is 0.783. The van der Waals surface area contributed by atoms with Crippen molar-refractivity contribution in [3.63, 3.8) is 0 Å². The average molecular weight is 392 g/mol. The second-order valence-corrected chi connectivity index (χ2v) is 9.12. The Kier molecular flexibility index (Phi) is 5.05. The van der Waals surface area contributed by atoms with Gasteiger partial charge >= 0.3 is 0 Å². The molecule has 0 radical (unpaired) electrons. The molecule has 0 aromatic carbocycles. The van der Waals surface area contributed by atoms with Crippen LogP contribution in [0.2, 0.25) is 4.34 Å². The van der Waals surface area contributed by atoms with Crippen LogP contribution in [0.5, 0.6) is 5.88 Å². The smallest absolute Gasteiger partial charge is 0.254 e. The maximum absolute atomic E-state index is 14.1. The second-order valence-electron chi connectivity index (χ2n) is 5.24. The molecule has 0 unspecified atom stereocenters. The fourth-order valence-electron chi connectivity index (χ4n) is 2.45. The van der Waals surface area contributed by atoms with Gasteiger partial charge in [0.2, 0.25) is 5.82 Å². The number of rotatable bonds is 5. The third kappa shape index (κ3) is 3.39. The molecule has 1 fully saturated rings. The van der Waals surface area contributed by atoms with Crippen LogP contribution in [0.1, 0.15) is 19.0 Å². The van der Waals surface area contributed by atoms with E-state index in [4.69, 9.17) is 16.3 Å². The molecule has 0 N–H and O–H groups in total. The number of hydrogen-bond donors (Lipinski definition) is 0. The van der Waals surface area contributed by atoms with Crippen molar-refractivity contribution in [2.75, 3.05) is 13.1 Å². The predicted molar refractivity (Wildman–Crippen MR) is 88.5 cm³/mol. The minimum atomic E-state index is -3.61. The molecule has 0 aliphatic carbocycles. The number of aromatic nitrogens is 2. The van der Waals surface area contributed by atoms with Crippen molar-refractivity contribution in [1.29, 1.82) is 0 Å².